The molecule has 1 aromatic heterocycles. The number of furan rings is 1. The van der Waals surface area contributed by atoms with Crippen molar-refractivity contribution >= 4 is 40.6 Å². The van der Waals surface area contributed by atoms with E-state index in [1.807, 2.05) is 18.2 Å². The number of nitrogens with one attached hydrogen (secondary N) is 2. The van der Waals surface area contributed by atoms with Crippen molar-refractivity contribution in [3.63, 3.8) is 0 Å². The average molecular weight is 443 g/mol. The molecule has 32 heavy (non-hydrogen) atoms. The standard InChI is InChI=1S/C25H15ClN2O4/c26-15-8-10-20(21(13-15)28-25(31)22-6-3-11-32-22)27-24(30)14-7-9-17-16-4-1-2-5-18(16)23(29)19(17)12-14/h1-13H,(H,27,30)(H,28,31). The van der Waals surface area contributed by atoms with Gasteiger partial charge in [-0.1, -0.05) is 41.9 Å². The topological polar surface area (TPSA) is 88.4 Å². The van der Waals surface area contributed by atoms with E-state index >= 15 is 0 Å². The van der Waals surface area contributed by atoms with Gasteiger partial charge in [-0.25, -0.2) is 0 Å². The molecule has 0 aliphatic heterocycles. The minimum Gasteiger partial charge on any atom is -0.459 e. The molecular weight excluding hydrogens is 428 g/mol. The third kappa shape index (κ3) is 3.46. The number of carbonyl (C=O) groups excluding carboxylic acids is 3. The molecule has 2 amide bonds. The molecule has 0 fully saturated rings. The Labute approximate surface area is 187 Å². The summed E-state index contributed by atoms with van der Waals surface area (Å²) in [6, 6.07) is 20.2. The molecule has 156 valence electrons. The van der Waals surface area contributed by atoms with Crippen LogP contribution >= 0.6 is 11.6 Å². The SMILES string of the molecule is O=C(Nc1ccc(Cl)cc1NC(=O)c1ccco1)c1ccc2c(c1)C(=O)c1ccccc1-2. The summed E-state index contributed by atoms with van der Waals surface area (Å²) in [7, 11) is 0. The van der Waals surface area contributed by atoms with Crippen molar-refractivity contribution in [2.24, 2.45) is 0 Å². The molecule has 1 aliphatic rings. The summed E-state index contributed by atoms with van der Waals surface area (Å²) >= 11 is 6.08. The van der Waals surface area contributed by atoms with Crippen molar-refractivity contribution in [1.29, 1.82) is 0 Å². The number of amides is 2. The summed E-state index contributed by atoms with van der Waals surface area (Å²) < 4.78 is 5.10. The lowest BCUT2D eigenvalue weighted by molar-refractivity contribution is 0.0992. The number of ketones is 1. The van der Waals surface area contributed by atoms with Crippen LogP contribution < -0.4 is 10.6 Å². The molecule has 5 rings (SSSR count). The van der Waals surface area contributed by atoms with Crippen LogP contribution in [0.15, 0.2) is 83.5 Å². The van der Waals surface area contributed by atoms with E-state index in [1.165, 1.54) is 18.4 Å². The maximum atomic E-state index is 13.0. The zero-order valence-electron chi connectivity index (χ0n) is 16.5. The van der Waals surface area contributed by atoms with E-state index in [0.717, 1.165) is 11.1 Å². The summed E-state index contributed by atoms with van der Waals surface area (Å²) in [6.45, 7) is 0. The van der Waals surface area contributed by atoms with Crippen LogP contribution in [-0.2, 0) is 0 Å². The lowest BCUT2D eigenvalue weighted by Gasteiger charge is -2.13. The van der Waals surface area contributed by atoms with Gasteiger partial charge in [-0.05, 0) is 53.6 Å². The fourth-order valence-electron chi connectivity index (χ4n) is 3.68. The van der Waals surface area contributed by atoms with E-state index in [1.54, 1.807) is 42.5 Å². The van der Waals surface area contributed by atoms with Crippen LogP contribution in [0.25, 0.3) is 11.1 Å². The summed E-state index contributed by atoms with van der Waals surface area (Å²) in [5, 5.41) is 5.85. The second-order valence-electron chi connectivity index (χ2n) is 7.21. The second-order valence-corrected chi connectivity index (χ2v) is 7.65. The number of halogens is 1. The predicted octanol–water partition coefficient (Wildman–Crippen LogP) is 5.65. The molecule has 7 heteroatoms. The van der Waals surface area contributed by atoms with Crippen LogP contribution in [-0.4, -0.2) is 17.6 Å². The van der Waals surface area contributed by atoms with Gasteiger partial charge in [0, 0.05) is 21.7 Å². The van der Waals surface area contributed by atoms with Crippen LogP contribution in [0.1, 0.15) is 36.8 Å². The molecule has 6 nitrogen and oxygen atoms in total. The lowest BCUT2D eigenvalue weighted by Crippen LogP contribution is -2.17. The zero-order valence-corrected chi connectivity index (χ0v) is 17.3. The number of carbonyl (C=O) groups is 3. The van der Waals surface area contributed by atoms with E-state index in [-0.39, 0.29) is 11.5 Å². The monoisotopic (exact) mass is 442 g/mol. The summed E-state index contributed by atoms with van der Waals surface area (Å²) in [5.74, 6) is -0.886. The molecule has 3 aromatic carbocycles. The molecule has 0 atom stereocenters. The zero-order chi connectivity index (χ0) is 22.2. The van der Waals surface area contributed by atoms with Gasteiger partial charge in [0.05, 0.1) is 17.6 Å². The van der Waals surface area contributed by atoms with Crippen molar-refractivity contribution in [1.82, 2.24) is 0 Å². The minimum absolute atomic E-state index is 0.108. The predicted molar refractivity (Wildman–Crippen MR) is 121 cm³/mol. The van der Waals surface area contributed by atoms with Crippen molar-refractivity contribution in [3.8, 4) is 11.1 Å². The summed E-state index contributed by atoms with van der Waals surface area (Å²) in [5.41, 5.74) is 3.77. The molecule has 0 radical (unpaired) electrons. The molecule has 0 spiro atoms. The van der Waals surface area contributed by atoms with Gasteiger partial charge in [0.2, 0.25) is 0 Å². The number of rotatable bonds is 4. The summed E-state index contributed by atoms with van der Waals surface area (Å²) in [6.07, 6.45) is 1.39. The molecule has 0 saturated carbocycles. The van der Waals surface area contributed by atoms with Crippen LogP contribution in [0.2, 0.25) is 5.02 Å². The number of hydrogen-bond donors (Lipinski definition) is 2. The maximum absolute atomic E-state index is 13.0. The first-order chi connectivity index (χ1) is 15.5. The lowest BCUT2D eigenvalue weighted by atomic mass is 10.0. The van der Waals surface area contributed by atoms with E-state index in [0.29, 0.717) is 33.1 Å². The van der Waals surface area contributed by atoms with Crippen LogP contribution in [0.5, 0.6) is 0 Å². The molecule has 4 aromatic rings. The van der Waals surface area contributed by atoms with Gasteiger partial charge in [-0.3, -0.25) is 14.4 Å². The molecule has 1 aliphatic carbocycles. The molecule has 1 heterocycles. The van der Waals surface area contributed by atoms with Crippen LogP contribution in [0, 0.1) is 0 Å². The van der Waals surface area contributed by atoms with Crippen molar-refractivity contribution in [2.45, 2.75) is 0 Å². The normalized spacial score (nSPS) is 11.6. The second kappa shape index (κ2) is 7.83. The van der Waals surface area contributed by atoms with Gasteiger partial charge in [0.15, 0.2) is 11.5 Å². The molecule has 0 bridgehead atoms. The average Bonchev–Trinajstić information content (AvgIpc) is 3.43. The Balaban J connectivity index is 1.42. The van der Waals surface area contributed by atoms with Crippen molar-refractivity contribution < 1.29 is 18.8 Å². The summed E-state index contributed by atoms with van der Waals surface area (Å²) in [4.78, 5) is 38.1. The van der Waals surface area contributed by atoms with E-state index in [9.17, 15) is 14.4 Å². The number of benzene rings is 3. The Morgan fingerprint density at radius 3 is 2.25 bits per heavy atom. The van der Waals surface area contributed by atoms with Gasteiger partial charge < -0.3 is 15.1 Å². The minimum atomic E-state index is -0.478. The molecule has 0 saturated heterocycles. The number of hydrogen-bond acceptors (Lipinski definition) is 4. The highest BCUT2D eigenvalue weighted by Gasteiger charge is 2.27. The Hall–Kier alpha value is -4.16. The van der Waals surface area contributed by atoms with E-state index in [4.69, 9.17) is 16.0 Å². The third-order valence-electron chi connectivity index (χ3n) is 5.21. The Morgan fingerprint density at radius 2 is 1.47 bits per heavy atom. The van der Waals surface area contributed by atoms with Gasteiger partial charge >= 0.3 is 0 Å². The van der Waals surface area contributed by atoms with Crippen LogP contribution in [0.3, 0.4) is 0 Å². The smallest absolute Gasteiger partial charge is 0.291 e. The first kappa shape index (κ1) is 19.8. The fraction of sp³-hybridized carbons (Fsp3) is 0. The molecule has 2 N–H and O–H groups in total. The van der Waals surface area contributed by atoms with Crippen molar-refractivity contribution in [3.05, 3.63) is 107 Å². The molecular formula is C25H15ClN2O4. The first-order valence-corrected chi connectivity index (χ1v) is 10.1. The Bertz CT molecular complexity index is 1390. The fourth-order valence-corrected chi connectivity index (χ4v) is 3.86. The highest BCUT2D eigenvalue weighted by molar-refractivity contribution is 6.31. The highest BCUT2D eigenvalue weighted by atomic mass is 35.5. The van der Waals surface area contributed by atoms with Crippen LogP contribution in [0.4, 0.5) is 11.4 Å². The largest absolute Gasteiger partial charge is 0.459 e. The Kier molecular flexibility index (Phi) is 4.84. The quantitative estimate of drug-likeness (QED) is 0.376. The maximum Gasteiger partial charge on any atom is 0.291 e. The number of anilines is 2. The molecule has 0 unspecified atom stereocenters. The number of fused-ring (bicyclic) bond motifs is 3. The van der Waals surface area contributed by atoms with Gasteiger partial charge in [0.25, 0.3) is 11.8 Å². The van der Waals surface area contributed by atoms with E-state index in [2.05, 4.69) is 10.6 Å². The van der Waals surface area contributed by atoms with Gasteiger partial charge in [0.1, 0.15) is 0 Å². The van der Waals surface area contributed by atoms with Crippen molar-refractivity contribution in [2.75, 3.05) is 10.6 Å². The Morgan fingerprint density at radius 1 is 0.719 bits per heavy atom. The third-order valence-corrected chi connectivity index (χ3v) is 5.45. The van der Waals surface area contributed by atoms with Gasteiger partial charge in [-0.2, -0.15) is 0 Å². The first-order valence-electron chi connectivity index (χ1n) is 9.75. The van der Waals surface area contributed by atoms with E-state index < -0.39 is 11.8 Å². The van der Waals surface area contributed by atoms with Gasteiger partial charge in [-0.15, -0.1) is 0 Å². The highest BCUT2D eigenvalue weighted by Crippen LogP contribution is 2.37.